The van der Waals surface area contributed by atoms with Crippen LogP contribution >= 0.6 is 0 Å². The number of aromatic nitrogens is 2. The predicted molar refractivity (Wildman–Crippen MR) is 85.2 cm³/mol. The minimum Gasteiger partial charge on any atom is -0.350 e. The maximum Gasteiger partial charge on any atom is 0.230 e. The van der Waals surface area contributed by atoms with E-state index in [0.717, 1.165) is 17.5 Å². The van der Waals surface area contributed by atoms with Crippen molar-refractivity contribution < 1.29 is 4.79 Å². The molecule has 5 heteroatoms. The number of carbonyl (C=O) groups excluding carboxylic acids is 1. The summed E-state index contributed by atoms with van der Waals surface area (Å²) in [5.74, 6) is -0.0197. The Balaban J connectivity index is 1.76. The van der Waals surface area contributed by atoms with E-state index in [9.17, 15) is 4.79 Å². The molecule has 0 fully saturated rings. The van der Waals surface area contributed by atoms with Gasteiger partial charge in [0.15, 0.2) is 0 Å². The van der Waals surface area contributed by atoms with Crippen LogP contribution in [0.5, 0.6) is 0 Å². The second-order valence-electron chi connectivity index (χ2n) is 6.54. The molecule has 5 nitrogen and oxygen atoms in total. The van der Waals surface area contributed by atoms with Crippen molar-refractivity contribution in [1.29, 1.82) is 0 Å². The molecule has 1 aromatic heterocycles. The van der Waals surface area contributed by atoms with Crippen LogP contribution in [0, 0.1) is 0 Å². The fourth-order valence-corrected chi connectivity index (χ4v) is 2.99. The molecule has 1 aromatic carbocycles. The molecule has 3 rings (SSSR count). The average Bonchev–Trinajstić information content (AvgIpc) is 3.05. The number of rotatable bonds is 3. The van der Waals surface area contributed by atoms with E-state index < -0.39 is 5.41 Å². The molecule has 0 saturated heterocycles. The van der Waals surface area contributed by atoms with E-state index in [4.69, 9.17) is 5.73 Å². The number of fused-ring (bicyclic) bond motifs is 1. The summed E-state index contributed by atoms with van der Waals surface area (Å²) in [7, 11) is 1.85. The second-order valence-corrected chi connectivity index (χ2v) is 6.54. The third-order valence-electron chi connectivity index (χ3n) is 4.60. The van der Waals surface area contributed by atoms with E-state index in [1.807, 2.05) is 45.3 Å². The van der Waals surface area contributed by atoms with Crippen LogP contribution in [0.25, 0.3) is 0 Å². The zero-order chi connectivity index (χ0) is 15.9. The summed E-state index contributed by atoms with van der Waals surface area (Å²) in [4.78, 5) is 12.7. The molecule has 1 amide bonds. The van der Waals surface area contributed by atoms with Gasteiger partial charge < -0.3 is 11.1 Å². The van der Waals surface area contributed by atoms with E-state index in [-0.39, 0.29) is 18.0 Å². The molecule has 2 aromatic rings. The molecule has 0 spiro atoms. The first-order chi connectivity index (χ1) is 10.4. The first-order valence-electron chi connectivity index (χ1n) is 7.53. The molecule has 0 saturated carbocycles. The molecule has 3 N–H and O–H groups in total. The van der Waals surface area contributed by atoms with Crippen LogP contribution in [0.1, 0.15) is 36.6 Å². The highest BCUT2D eigenvalue weighted by Gasteiger charge is 2.36. The van der Waals surface area contributed by atoms with Gasteiger partial charge in [0.2, 0.25) is 5.91 Å². The number of nitrogens with two attached hydrogens (primary N) is 1. The SMILES string of the molecule is Cn1cc(C(C)(C)C(=O)N[C@@H]2Cc3ccccc3[C@H]2N)cn1. The number of carbonyl (C=O) groups is 1. The van der Waals surface area contributed by atoms with Gasteiger partial charge in [0, 0.05) is 18.8 Å². The van der Waals surface area contributed by atoms with Crippen LogP contribution < -0.4 is 11.1 Å². The normalized spacial score (nSPS) is 20.7. The Bertz CT molecular complexity index is 704. The summed E-state index contributed by atoms with van der Waals surface area (Å²) < 4.78 is 1.71. The minimum absolute atomic E-state index is 0.0197. The van der Waals surface area contributed by atoms with Crippen LogP contribution in [0.3, 0.4) is 0 Å². The molecule has 0 unspecified atom stereocenters. The fraction of sp³-hybridized carbons (Fsp3) is 0.412. The van der Waals surface area contributed by atoms with E-state index in [2.05, 4.69) is 16.5 Å². The molecule has 2 atom stereocenters. The Morgan fingerprint density at radius 3 is 2.77 bits per heavy atom. The number of nitrogens with zero attached hydrogens (tertiary/aromatic N) is 2. The summed E-state index contributed by atoms with van der Waals surface area (Å²) >= 11 is 0. The Morgan fingerprint density at radius 1 is 1.41 bits per heavy atom. The Labute approximate surface area is 130 Å². The number of hydrogen-bond donors (Lipinski definition) is 2. The van der Waals surface area contributed by atoms with Crippen molar-refractivity contribution in [3.63, 3.8) is 0 Å². The number of nitrogens with one attached hydrogen (secondary N) is 1. The predicted octanol–water partition coefficient (Wildman–Crippen LogP) is 1.44. The maximum absolute atomic E-state index is 12.7. The van der Waals surface area contributed by atoms with Crippen molar-refractivity contribution in [3.8, 4) is 0 Å². The minimum atomic E-state index is -0.636. The van der Waals surface area contributed by atoms with Gasteiger partial charge in [-0.3, -0.25) is 9.48 Å². The van der Waals surface area contributed by atoms with Gasteiger partial charge in [-0.25, -0.2) is 0 Å². The van der Waals surface area contributed by atoms with Crippen LogP contribution in [0.4, 0.5) is 0 Å². The molecule has 0 radical (unpaired) electrons. The molecule has 1 aliphatic rings. The summed E-state index contributed by atoms with van der Waals surface area (Å²) in [5, 5.41) is 7.28. The van der Waals surface area contributed by atoms with Crippen molar-refractivity contribution in [2.75, 3.05) is 0 Å². The highest BCUT2D eigenvalue weighted by atomic mass is 16.2. The van der Waals surface area contributed by atoms with Gasteiger partial charge in [-0.15, -0.1) is 0 Å². The molecule has 22 heavy (non-hydrogen) atoms. The molecule has 0 aliphatic heterocycles. The van der Waals surface area contributed by atoms with Gasteiger partial charge in [-0.05, 0) is 31.4 Å². The van der Waals surface area contributed by atoms with Crippen LogP contribution in [-0.2, 0) is 23.7 Å². The van der Waals surface area contributed by atoms with E-state index >= 15 is 0 Å². The second kappa shape index (κ2) is 5.25. The van der Waals surface area contributed by atoms with Gasteiger partial charge >= 0.3 is 0 Å². The lowest BCUT2D eigenvalue weighted by Gasteiger charge is -2.26. The van der Waals surface area contributed by atoms with Crippen molar-refractivity contribution in [2.24, 2.45) is 12.8 Å². The summed E-state index contributed by atoms with van der Waals surface area (Å²) in [5.41, 5.74) is 8.91. The van der Waals surface area contributed by atoms with Gasteiger partial charge in [0.05, 0.1) is 23.7 Å². The standard InChI is InChI=1S/C17H22N4O/c1-17(2,12-9-19-21(3)10-12)16(22)20-14-8-11-6-4-5-7-13(11)15(14)18/h4-7,9-10,14-15H,8,18H2,1-3H3,(H,20,22)/t14-,15-/m1/s1. The summed E-state index contributed by atoms with van der Waals surface area (Å²) in [6, 6.07) is 7.91. The number of benzene rings is 1. The largest absolute Gasteiger partial charge is 0.350 e. The summed E-state index contributed by atoms with van der Waals surface area (Å²) in [6.45, 7) is 3.82. The quantitative estimate of drug-likeness (QED) is 0.900. The van der Waals surface area contributed by atoms with Crippen molar-refractivity contribution in [1.82, 2.24) is 15.1 Å². The lowest BCUT2D eigenvalue weighted by molar-refractivity contribution is -0.126. The first-order valence-corrected chi connectivity index (χ1v) is 7.53. The van der Waals surface area contributed by atoms with Crippen LogP contribution in [0.2, 0.25) is 0 Å². The zero-order valence-electron chi connectivity index (χ0n) is 13.2. The smallest absolute Gasteiger partial charge is 0.230 e. The topological polar surface area (TPSA) is 72.9 Å². The number of aryl methyl sites for hydroxylation is 1. The molecule has 1 aliphatic carbocycles. The third kappa shape index (κ3) is 2.41. The molecule has 0 bridgehead atoms. The zero-order valence-corrected chi connectivity index (χ0v) is 13.2. The van der Waals surface area contributed by atoms with Crippen LogP contribution in [-0.4, -0.2) is 21.7 Å². The first kappa shape index (κ1) is 14.8. The fourth-order valence-electron chi connectivity index (χ4n) is 2.99. The summed E-state index contributed by atoms with van der Waals surface area (Å²) in [6.07, 6.45) is 4.40. The Hall–Kier alpha value is -2.14. The monoisotopic (exact) mass is 298 g/mol. The van der Waals surface area contributed by atoms with Crippen LogP contribution in [0.15, 0.2) is 36.7 Å². The van der Waals surface area contributed by atoms with E-state index in [1.165, 1.54) is 5.56 Å². The number of amides is 1. The van der Waals surface area contributed by atoms with Gasteiger partial charge in [-0.1, -0.05) is 24.3 Å². The van der Waals surface area contributed by atoms with Crippen molar-refractivity contribution in [3.05, 3.63) is 53.3 Å². The lowest BCUT2D eigenvalue weighted by Crippen LogP contribution is -2.48. The van der Waals surface area contributed by atoms with Crippen molar-refractivity contribution in [2.45, 2.75) is 37.8 Å². The Kier molecular flexibility index (Phi) is 3.53. The van der Waals surface area contributed by atoms with Gasteiger partial charge in [0.1, 0.15) is 0 Å². The van der Waals surface area contributed by atoms with E-state index in [0.29, 0.717) is 0 Å². The lowest BCUT2D eigenvalue weighted by atomic mass is 9.85. The average molecular weight is 298 g/mol. The highest BCUT2D eigenvalue weighted by molar-refractivity contribution is 5.87. The molecule has 116 valence electrons. The molecule has 1 heterocycles. The third-order valence-corrected chi connectivity index (χ3v) is 4.60. The highest BCUT2D eigenvalue weighted by Crippen LogP contribution is 2.30. The number of hydrogen-bond acceptors (Lipinski definition) is 3. The Morgan fingerprint density at radius 2 is 2.14 bits per heavy atom. The molecular weight excluding hydrogens is 276 g/mol. The van der Waals surface area contributed by atoms with E-state index in [1.54, 1.807) is 10.9 Å². The van der Waals surface area contributed by atoms with Crippen molar-refractivity contribution >= 4 is 5.91 Å². The maximum atomic E-state index is 12.7. The van der Waals surface area contributed by atoms with Gasteiger partial charge in [0.25, 0.3) is 0 Å². The van der Waals surface area contributed by atoms with Gasteiger partial charge in [-0.2, -0.15) is 5.10 Å². The molecular formula is C17H22N4O.